The van der Waals surface area contributed by atoms with Crippen molar-refractivity contribution in [2.45, 2.75) is 78.2 Å². The van der Waals surface area contributed by atoms with Crippen molar-refractivity contribution in [1.29, 1.82) is 0 Å². The van der Waals surface area contributed by atoms with Crippen molar-refractivity contribution < 1.29 is 4.74 Å². The minimum Gasteiger partial charge on any atom is -0.378 e. The summed E-state index contributed by atoms with van der Waals surface area (Å²) in [4.78, 5) is 7.14. The number of unbranched alkanes of at least 4 members (excludes halogenated alkanes) is 1. The highest BCUT2D eigenvalue weighted by molar-refractivity contribution is 14.0. The van der Waals surface area contributed by atoms with E-state index in [9.17, 15) is 0 Å². The third-order valence-corrected chi connectivity index (χ3v) is 4.91. The summed E-state index contributed by atoms with van der Waals surface area (Å²) in [5.41, 5.74) is 0. The second-order valence-electron chi connectivity index (χ2n) is 6.91. The van der Waals surface area contributed by atoms with E-state index in [0.29, 0.717) is 6.10 Å². The molecule has 26 heavy (non-hydrogen) atoms. The maximum Gasteiger partial charge on any atom is 0.191 e. The Hall–Kier alpha value is -0.0800. The van der Waals surface area contributed by atoms with Crippen molar-refractivity contribution in [2.24, 2.45) is 4.99 Å². The monoisotopic (exact) mass is 482 g/mol. The minimum absolute atomic E-state index is 0. The van der Waals surface area contributed by atoms with Crippen LogP contribution in [-0.4, -0.2) is 62.8 Å². The van der Waals surface area contributed by atoms with Gasteiger partial charge >= 0.3 is 0 Å². The molecule has 5 nitrogen and oxygen atoms in total. The molecule has 0 aromatic rings. The largest absolute Gasteiger partial charge is 0.378 e. The van der Waals surface area contributed by atoms with Crippen molar-refractivity contribution in [1.82, 2.24) is 15.5 Å². The van der Waals surface area contributed by atoms with Crippen LogP contribution in [0.1, 0.15) is 72.1 Å². The lowest BCUT2D eigenvalue weighted by Crippen LogP contribution is -2.38. The molecule has 0 amide bonds. The van der Waals surface area contributed by atoms with E-state index in [4.69, 9.17) is 4.74 Å². The van der Waals surface area contributed by atoms with Crippen LogP contribution in [0, 0.1) is 0 Å². The van der Waals surface area contributed by atoms with Gasteiger partial charge in [0, 0.05) is 26.2 Å². The van der Waals surface area contributed by atoms with Crippen LogP contribution in [0.25, 0.3) is 0 Å². The van der Waals surface area contributed by atoms with Gasteiger partial charge in [-0.25, -0.2) is 0 Å². The number of nitrogens with one attached hydrogen (secondary N) is 2. The van der Waals surface area contributed by atoms with Gasteiger partial charge in [0.1, 0.15) is 0 Å². The van der Waals surface area contributed by atoms with Gasteiger partial charge in [-0.2, -0.15) is 0 Å². The molecule has 156 valence electrons. The highest BCUT2D eigenvalue weighted by Gasteiger charge is 2.12. The second kappa shape index (κ2) is 18.3. The van der Waals surface area contributed by atoms with Gasteiger partial charge in [-0.3, -0.25) is 4.99 Å². The molecule has 1 rings (SSSR count). The SMILES string of the molecule is CCNC(=NCCCOC1CCCCC1)NCCCCN(CC)CC.I. The highest BCUT2D eigenvalue weighted by atomic mass is 127. The van der Waals surface area contributed by atoms with Gasteiger partial charge in [-0.15, -0.1) is 24.0 Å². The van der Waals surface area contributed by atoms with Gasteiger partial charge in [0.05, 0.1) is 6.10 Å². The zero-order valence-electron chi connectivity index (χ0n) is 17.4. The number of aliphatic imine (C=N–C) groups is 1. The van der Waals surface area contributed by atoms with E-state index >= 15 is 0 Å². The molecule has 0 spiro atoms. The molecule has 2 N–H and O–H groups in total. The van der Waals surface area contributed by atoms with E-state index in [2.05, 4.69) is 41.3 Å². The molecule has 1 saturated carbocycles. The van der Waals surface area contributed by atoms with Crippen LogP contribution >= 0.6 is 24.0 Å². The third-order valence-electron chi connectivity index (χ3n) is 4.91. The molecule has 0 saturated heterocycles. The number of rotatable bonds is 13. The van der Waals surface area contributed by atoms with Gasteiger partial charge in [-0.1, -0.05) is 33.1 Å². The first-order chi connectivity index (χ1) is 12.3. The van der Waals surface area contributed by atoms with E-state index in [-0.39, 0.29) is 24.0 Å². The van der Waals surface area contributed by atoms with Crippen molar-refractivity contribution in [3.8, 4) is 0 Å². The smallest absolute Gasteiger partial charge is 0.191 e. The average Bonchev–Trinajstić information content (AvgIpc) is 2.65. The molecule has 1 fully saturated rings. The van der Waals surface area contributed by atoms with Gasteiger partial charge < -0.3 is 20.3 Å². The van der Waals surface area contributed by atoms with E-state index in [0.717, 1.165) is 51.7 Å². The first kappa shape index (κ1) is 25.9. The molecule has 1 aliphatic rings. The van der Waals surface area contributed by atoms with Crippen LogP contribution in [0.4, 0.5) is 0 Å². The molecule has 0 heterocycles. The molecule has 1 aliphatic carbocycles. The number of ether oxygens (including phenoxy) is 1. The summed E-state index contributed by atoms with van der Waals surface area (Å²) in [7, 11) is 0. The molecule has 0 aromatic carbocycles. The molecule has 0 unspecified atom stereocenters. The van der Waals surface area contributed by atoms with Crippen molar-refractivity contribution in [3.05, 3.63) is 0 Å². The zero-order valence-corrected chi connectivity index (χ0v) is 19.7. The first-order valence-corrected chi connectivity index (χ1v) is 10.7. The van der Waals surface area contributed by atoms with Crippen LogP contribution in [-0.2, 0) is 4.74 Å². The number of hydrogen-bond donors (Lipinski definition) is 2. The Balaban J connectivity index is 0.00000625. The van der Waals surface area contributed by atoms with Gasteiger partial charge in [0.2, 0.25) is 0 Å². The van der Waals surface area contributed by atoms with E-state index in [1.54, 1.807) is 0 Å². The van der Waals surface area contributed by atoms with Crippen molar-refractivity contribution in [3.63, 3.8) is 0 Å². The van der Waals surface area contributed by atoms with E-state index in [1.165, 1.54) is 51.5 Å². The zero-order chi connectivity index (χ0) is 18.2. The fourth-order valence-corrected chi connectivity index (χ4v) is 3.29. The van der Waals surface area contributed by atoms with Crippen molar-refractivity contribution in [2.75, 3.05) is 45.9 Å². The maximum atomic E-state index is 5.97. The summed E-state index contributed by atoms with van der Waals surface area (Å²) in [6, 6.07) is 0. The second-order valence-corrected chi connectivity index (χ2v) is 6.91. The topological polar surface area (TPSA) is 48.9 Å². The number of hydrogen-bond acceptors (Lipinski definition) is 3. The van der Waals surface area contributed by atoms with E-state index in [1.807, 2.05) is 0 Å². The van der Waals surface area contributed by atoms with Crippen molar-refractivity contribution >= 4 is 29.9 Å². The van der Waals surface area contributed by atoms with Gasteiger partial charge in [-0.05, 0) is 58.7 Å². The van der Waals surface area contributed by atoms with Crippen LogP contribution in [0.15, 0.2) is 4.99 Å². The Bertz CT molecular complexity index is 332. The fraction of sp³-hybridized carbons (Fsp3) is 0.950. The first-order valence-electron chi connectivity index (χ1n) is 10.7. The summed E-state index contributed by atoms with van der Waals surface area (Å²) < 4.78 is 5.97. The molecule has 0 bridgehead atoms. The summed E-state index contributed by atoms with van der Waals surface area (Å²) in [6.45, 7) is 13.7. The predicted octanol–water partition coefficient (Wildman–Crippen LogP) is 4.02. The quantitative estimate of drug-likeness (QED) is 0.180. The number of guanidine groups is 1. The Kier molecular flexibility index (Phi) is 18.2. The summed E-state index contributed by atoms with van der Waals surface area (Å²) >= 11 is 0. The Labute approximate surface area is 179 Å². The number of halogens is 1. The maximum absolute atomic E-state index is 5.97. The fourth-order valence-electron chi connectivity index (χ4n) is 3.29. The van der Waals surface area contributed by atoms with Crippen LogP contribution in [0.5, 0.6) is 0 Å². The molecule has 0 aliphatic heterocycles. The van der Waals surface area contributed by atoms with Gasteiger partial charge in [0.15, 0.2) is 5.96 Å². The average molecular weight is 482 g/mol. The molecule has 6 heteroatoms. The predicted molar refractivity (Wildman–Crippen MR) is 124 cm³/mol. The lowest BCUT2D eigenvalue weighted by atomic mass is 9.98. The third kappa shape index (κ3) is 13.1. The molecule has 0 radical (unpaired) electrons. The molecule has 0 atom stereocenters. The summed E-state index contributed by atoms with van der Waals surface area (Å²) in [6.07, 6.45) is 10.5. The van der Waals surface area contributed by atoms with Crippen LogP contribution in [0.3, 0.4) is 0 Å². The van der Waals surface area contributed by atoms with Crippen LogP contribution < -0.4 is 10.6 Å². The Morgan fingerprint density at radius 1 is 1.00 bits per heavy atom. The summed E-state index contributed by atoms with van der Waals surface area (Å²) in [5, 5.41) is 6.78. The Morgan fingerprint density at radius 3 is 2.38 bits per heavy atom. The van der Waals surface area contributed by atoms with Crippen LogP contribution in [0.2, 0.25) is 0 Å². The highest BCUT2D eigenvalue weighted by Crippen LogP contribution is 2.20. The minimum atomic E-state index is 0. The van der Waals surface area contributed by atoms with Gasteiger partial charge in [0.25, 0.3) is 0 Å². The normalized spacial score (nSPS) is 15.8. The number of nitrogens with zero attached hydrogens (tertiary/aromatic N) is 2. The molecule has 0 aromatic heterocycles. The lowest BCUT2D eigenvalue weighted by Gasteiger charge is -2.21. The summed E-state index contributed by atoms with van der Waals surface area (Å²) in [5.74, 6) is 0.947. The standard InChI is InChI=1S/C20H42N4O.HI/c1-4-21-20(22-15-10-11-17-24(5-2)6-3)23-16-12-18-25-19-13-8-7-9-14-19;/h19H,4-18H2,1-3H3,(H2,21,22,23);1H. The Morgan fingerprint density at radius 2 is 1.73 bits per heavy atom. The van der Waals surface area contributed by atoms with E-state index < -0.39 is 0 Å². The molecular formula is C20H43IN4O. The lowest BCUT2D eigenvalue weighted by molar-refractivity contribution is 0.0281. The molecular weight excluding hydrogens is 439 g/mol.